The van der Waals surface area contributed by atoms with Crippen molar-refractivity contribution in [2.75, 3.05) is 18.0 Å². The number of thioether (sulfide) groups is 1. The first-order chi connectivity index (χ1) is 12.4. The number of rotatable bonds is 6. The zero-order valence-corrected chi connectivity index (χ0v) is 14.8. The van der Waals surface area contributed by atoms with Gasteiger partial charge in [0.25, 0.3) is 5.69 Å². The van der Waals surface area contributed by atoms with Crippen LogP contribution in [0.3, 0.4) is 0 Å². The fourth-order valence-electron chi connectivity index (χ4n) is 2.75. The van der Waals surface area contributed by atoms with Crippen molar-refractivity contribution in [1.82, 2.24) is 15.2 Å². The smallest absolute Gasteiger partial charge is 0.342 e. The number of aliphatic carboxylic acids is 1. The van der Waals surface area contributed by atoms with Crippen molar-refractivity contribution in [1.29, 1.82) is 0 Å². The van der Waals surface area contributed by atoms with Crippen molar-refractivity contribution in [3.63, 3.8) is 0 Å². The van der Waals surface area contributed by atoms with Gasteiger partial charge in [0, 0.05) is 19.2 Å². The molecule has 3 rings (SSSR count). The van der Waals surface area contributed by atoms with Crippen LogP contribution in [0.4, 0.5) is 11.4 Å². The minimum absolute atomic E-state index is 0.0211. The lowest BCUT2D eigenvalue weighted by Crippen LogP contribution is -2.18. The Bertz CT molecular complexity index is 873. The maximum Gasteiger partial charge on any atom is 0.342 e. The monoisotopic (exact) mass is 375 g/mol. The fourth-order valence-corrected chi connectivity index (χ4v) is 3.51. The van der Waals surface area contributed by atoms with E-state index in [1.165, 1.54) is 12.1 Å². The number of anilines is 1. The largest absolute Gasteiger partial charge is 0.477 e. The normalized spacial score (nSPS) is 14.7. The second kappa shape index (κ2) is 7.56. The van der Waals surface area contributed by atoms with Crippen molar-refractivity contribution < 1.29 is 14.8 Å². The summed E-state index contributed by atoms with van der Waals surface area (Å²) in [4.78, 5) is 28.6. The third-order valence-electron chi connectivity index (χ3n) is 3.93. The Kier molecular flexibility index (Phi) is 5.21. The standard InChI is InChI=1S/C16H17N5O4S/c1-10-17-16(19-18-10)26-14(15(22)23)9-11-4-5-12(13(8-11)21(24)25)20-6-2-3-7-20/h4-5,8-9H,2-3,6-7H2,1H3,(H,22,23)(H,17,18,19). The molecule has 0 bridgehead atoms. The highest BCUT2D eigenvalue weighted by Gasteiger charge is 2.22. The highest BCUT2D eigenvalue weighted by Crippen LogP contribution is 2.33. The molecule has 136 valence electrons. The summed E-state index contributed by atoms with van der Waals surface area (Å²) in [5.74, 6) is -0.577. The predicted octanol–water partition coefficient (Wildman–Crippen LogP) is 2.84. The van der Waals surface area contributed by atoms with Gasteiger partial charge in [-0.25, -0.2) is 9.78 Å². The molecule has 1 aromatic heterocycles. The number of hydrogen-bond donors (Lipinski definition) is 2. The van der Waals surface area contributed by atoms with E-state index in [1.807, 2.05) is 4.90 Å². The molecule has 0 saturated carbocycles. The number of hydrogen-bond acceptors (Lipinski definition) is 7. The first-order valence-corrected chi connectivity index (χ1v) is 8.81. The highest BCUT2D eigenvalue weighted by molar-refractivity contribution is 8.04. The average molecular weight is 375 g/mol. The molecule has 1 aliphatic rings. The van der Waals surface area contributed by atoms with Crippen LogP contribution in [0, 0.1) is 17.0 Å². The SMILES string of the molecule is Cc1nc(SC(=Cc2ccc(N3CCCC3)c([N+](=O)[O-])c2)C(=O)O)n[nH]1. The summed E-state index contributed by atoms with van der Waals surface area (Å²) >= 11 is 0.884. The zero-order chi connectivity index (χ0) is 18.7. The Morgan fingerprint density at radius 1 is 1.42 bits per heavy atom. The summed E-state index contributed by atoms with van der Waals surface area (Å²) in [6.07, 6.45) is 3.41. The van der Waals surface area contributed by atoms with E-state index >= 15 is 0 Å². The highest BCUT2D eigenvalue weighted by atomic mass is 32.2. The number of benzene rings is 1. The van der Waals surface area contributed by atoms with E-state index in [-0.39, 0.29) is 15.7 Å². The molecule has 2 N–H and O–H groups in total. The second-order valence-corrected chi connectivity index (χ2v) is 6.83. The first kappa shape index (κ1) is 17.9. The summed E-state index contributed by atoms with van der Waals surface area (Å²) in [5, 5.41) is 27.7. The number of nitro groups is 1. The maximum atomic E-state index is 11.5. The van der Waals surface area contributed by atoms with Crippen LogP contribution in [0.2, 0.25) is 0 Å². The predicted molar refractivity (Wildman–Crippen MR) is 97.1 cm³/mol. The Hall–Kier alpha value is -2.88. The molecule has 0 spiro atoms. The Balaban J connectivity index is 1.93. The molecule has 2 aromatic rings. The zero-order valence-electron chi connectivity index (χ0n) is 14.0. The molecule has 1 fully saturated rings. The Labute approximate surface area is 153 Å². The van der Waals surface area contributed by atoms with Crippen LogP contribution in [0.5, 0.6) is 0 Å². The number of aromatic amines is 1. The molecule has 0 radical (unpaired) electrons. The van der Waals surface area contributed by atoms with E-state index in [4.69, 9.17) is 0 Å². The lowest BCUT2D eigenvalue weighted by atomic mass is 10.1. The van der Waals surface area contributed by atoms with E-state index in [1.54, 1.807) is 19.1 Å². The average Bonchev–Trinajstić information content (AvgIpc) is 3.26. The van der Waals surface area contributed by atoms with Gasteiger partial charge >= 0.3 is 5.97 Å². The third-order valence-corrected chi connectivity index (χ3v) is 4.81. The van der Waals surface area contributed by atoms with Crippen molar-refractivity contribution in [3.8, 4) is 0 Å². The number of aromatic nitrogens is 3. The molecule has 1 aromatic carbocycles. The van der Waals surface area contributed by atoms with Gasteiger partial charge in [-0.15, -0.1) is 5.10 Å². The number of H-pyrrole nitrogens is 1. The van der Waals surface area contributed by atoms with E-state index in [0.29, 0.717) is 17.1 Å². The number of nitrogens with one attached hydrogen (secondary N) is 1. The molecule has 1 saturated heterocycles. The van der Waals surface area contributed by atoms with E-state index in [2.05, 4.69) is 15.2 Å². The molecule has 10 heteroatoms. The van der Waals surface area contributed by atoms with Gasteiger partial charge in [-0.3, -0.25) is 15.2 Å². The lowest BCUT2D eigenvalue weighted by molar-refractivity contribution is -0.384. The summed E-state index contributed by atoms with van der Waals surface area (Å²) in [6, 6.07) is 4.77. The van der Waals surface area contributed by atoms with Crippen molar-refractivity contribution in [2.24, 2.45) is 0 Å². The van der Waals surface area contributed by atoms with Crippen LogP contribution in [0.15, 0.2) is 28.3 Å². The summed E-state index contributed by atoms with van der Waals surface area (Å²) in [6.45, 7) is 3.29. The van der Waals surface area contributed by atoms with Crippen molar-refractivity contribution in [2.45, 2.75) is 24.9 Å². The van der Waals surface area contributed by atoms with Crippen molar-refractivity contribution >= 4 is 35.2 Å². The van der Waals surface area contributed by atoms with Crippen LogP contribution >= 0.6 is 11.8 Å². The van der Waals surface area contributed by atoms with Crippen LogP contribution < -0.4 is 4.90 Å². The molecule has 26 heavy (non-hydrogen) atoms. The van der Waals surface area contributed by atoms with Gasteiger partial charge in [-0.05, 0) is 49.2 Å². The topological polar surface area (TPSA) is 125 Å². The van der Waals surface area contributed by atoms with E-state index < -0.39 is 10.9 Å². The fraction of sp³-hybridized carbons (Fsp3) is 0.312. The van der Waals surface area contributed by atoms with Gasteiger partial charge in [-0.2, -0.15) is 0 Å². The molecule has 9 nitrogen and oxygen atoms in total. The molecule has 0 atom stereocenters. The Morgan fingerprint density at radius 3 is 2.73 bits per heavy atom. The quantitative estimate of drug-likeness (QED) is 0.342. The minimum atomic E-state index is -1.15. The molecular weight excluding hydrogens is 358 g/mol. The number of aryl methyl sites for hydroxylation is 1. The molecule has 2 heterocycles. The van der Waals surface area contributed by atoms with Gasteiger partial charge < -0.3 is 10.0 Å². The van der Waals surface area contributed by atoms with Crippen LogP contribution in [0.25, 0.3) is 6.08 Å². The van der Waals surface area contributed by atoms with Gasteiger partial charge in [-0.1, -0.05) is 6.07 Å². The Morgan fingerprint density at radius 2 is 2.15 bits per heavy atom. The molecule has 0 amide bonds. The number of carbonyl (C=O) groups is 1. The maximum absolute atomic E-state index is 11.5. The van der Waals surface area contributed by atoms with Crippen LogP contribution in [-0.4, -0.2) is 44.3 Å². The molecule has 1 aliphatic heterocycles. The molecule has 0 unspecified atom stereocenters. The second-order valence-electron chi connectivity index (χ2n) is 5.82. The lowest BCUT2D eigenvalue weighted by Gasteiger charge is -2.17. The minimum Gasteiger partial charge on any atom is -0.477 e. The number of nitro benzene ring substituents is 1. The summed E-state index contributed by atoms with van der Waals surface area (Å²) in [5.41, 5.74) is 0.986. The number of nitrogens with zero attached hydrogens (tertiary/aromatic N) is 4. The third kappa shape index (κ3) is 4.02. The van der Waals surface area contributed by atoms with Crippen molar-refractivity contribution in [3.05, 3.63) is 44.6 Å². The van der Waals surface area contributed by atoms with Gasteiger partial charge in [0.05, 0.1) is 4.92 Å². The van der Waals surface area contributed by atoms with Gasteiger partial charge in [0.1, 0.15) is 16.4 Å². The summed E-state index contributed by atoms with van der Waals surface area (Å²) in [7, 11) is 0. The first-order valence-electron chi connectivity index (χ1n) is 7.99. The number of carboxylic acids is 1. The molecule has 0 aliphatic carbocycles. The molecular formula is C16H17N5O4S. The van der Waals surface area contributed by atoms with Gasteiger partial charge in [0.15, 0.2) is 0 Å². The van der Waals surface area contributed by atoms with Crippen LogP contribution in [0.1, 0.15) is 24.2 Å². The summed E-state index contributed by atoms with van der Waals surface area (Å²) < 4.78 is 0. The number of carboxylic acid groups (broad SMARTS) is 1. The van der Waals surface area contributed by atoms with E-state index in [0.717, 1.165) is 37.7 Å². The van der Waals surface area contributed by atoms with E-state index in [9.17, 15) is 20.0 Å². The van der Waals surface area contributed by atoms with Crippen LogP contribution in [-0.2, 0) is 4.79 Å². The van der Waals surface area contributed by atoms with Gasteiger partial charge in [0.2, 0.25) is 5.16 Å².